The highest BCUT2D eigenvalue weighted by Crippen LogP contribution is 2.31. The first-order chi connectivity index (χ1) is 9.67. The molecule has 2 atom stereocenters. The van der Waals surface area contributed by atoms with Crippen LogP contribution in [0.4, 0.5) is 0 Å². The van der Waals surface area contributed by atoms with Crippen LogP contribution in [0, 0.1) is 17.8 Å². The minimum Gasteiger partial charge on any atom is -0.254 e. The van der Waals surface area contributed by atoms with Crippen LogP contribution in [0.3, 0.4) is 0 Å². The zero-order valence-electron chi connectivity index (χ0n) is 13.3. The van der Waals surface area contributed by atoms with Crippen LogP contribution in [0.15, 0.2) is 0 Å². The van der Waals surface area contributed by atoms with Gasteiger partial charge in [0.1, 0.15) is 0 Å². The summed E-state index contributed by atoms with van der Waals surface area (Å²) in [4.78, 5) is 10.1. The lowest BCUT2D eigenvalue weighted by molar-refractivity contribution is 0.344. The molecule has 20 heavy (non-hydrogen) atoms. The van der Waals surface area contributed by atoms with Crippen LogP contribution < -0.4 is 0 Å². The van der Waals surface area contributed by atoms with Crippen LogP contribution in [-0.4, -0.2) is 9.97 Å². The standard InChI is InChI=1S/C18H28N2/c1-4-13-5-8-17-18(11-13)20-16-10-7-14(12(2)3)6-9-15(16)19-17/h12-14H,4-11H2,1-3H3. The van der Waals surface area contributed by atoms with E-state index in [1.165, 1.54) is 54.9 Å². The zero-order valence-corrected chi connectivity index (χ0v) is 13.3. The molecular formula is C18H28N2. The summed E-state index contributed by atoms with van der Waals surface area (Å²) in [7, 11) is 0. The number of hydrogen-bond acceptors (Lipinski definition) is 2. The van der Waals surface area contributed by atoms with Gasteiger partial charge in [-0.15, -0.1) is 0 Å². The Kier molecular flexibility index (Phi) is 4.09. The Morgan fingerprint density at radius 1 is 0.900 bits per heavy atom. The van der Waals surface area contributed by atoms with Crippen molar-refractivity contribution in [1.29, 1.82) is 0 Å². The van der Waals surface area contributed by atoms with E-state index in [0.29, 0.717) is 0 Å². The van der Waals surface area contributed by atoms with Gasteiger partial charge in [-0.1, -0.05) is 27.2 Å². The Labute approximate surface area is 123 Å². The molecule has 2 unspecified atom stereocenters. The average molecular weight is 272 g/mol. The molecule has 1 heterocycles. The molecule has 0 amide bonds. The van der Waals surface area contributed by atoms with Crippen molar-refractivity contribution < 1.29 is 0 Å². The maximum absolute atomic E-state index is 5.04. The first-order valence-electron chi connectivity index (χ1n) is 8.55. The van der Waals surface area contributed by atoms with Gasteiger partial charge in [0.2, 0.25) is 0 Å². The summed E-state index contributed by atoms with van der Waals surface area (Å²) in [6, 6.07) is 0. The van der Waals surface area contributed by atoms with E-state index in [1.807, 2.05) is 0 Å². The molecule has 0 aliphatic heterocycles. The van der Waals surface area contributed by atoms with Crippen LogP contribution in [0.2, 0.25) is 0 Å². The van der Waals surface area contributed by atoms with Gasteiger partial charge >= 0.3 is 0 Å². The van der Waals surface area contributed by atoms with Gasteiger partial charge in [0.05, 0.1) is 22.8 Å². The van der Waals surface area contributed by atoms with Crippen LogP contribution in [0.1, 0.15) is 69.2 Å². The third-order valence-electron chi connectivity index (χ3n) is 5.50. The predicted molar refractivity (Wildman–Crippen MR) is 82.8 cm³/mol. The molecule has 2 aliphatic carbocycles. The van der Waals surface area contributed by atoms with Crippen LogP contribution >= 0.6 is 0 Å². The molecule has 0 N–H and O–H groups in total. The fraction of sp³-hybridized carbons (Fsp3) is 0.778. The highest BCUT2D eigenvalue weighted by Gasteiger charge is 2.25. The molecule has 2 heteroatoms. The molecular weight excluding hydrogens is 244 g/mol. The third kappa shape index (κ3) is 2.75. The molecule has 1 aromatic heterocycles. The average Bonchev–Trinajstić information content (AvgIpc) is 2.66. The Hall–Kier alpha value is -0.920. The topological polar surface area (TPSA) is 25.8 Å². The summed E-state index contributed by atoms with van der Waals surface area (Å²) in [5.74, 6) is 2.49. The molecule has 2 nitrogen and oxygen atoms in total. The van der Waals surface area contributed by atoms with E-state index in [4.69, 9.17) is 9.97 Å². The summed E-state index contributed by atoms with van der Waals surface area (Å²) in [6.45, 7) is 7.02. The van der Waals surface area contributed by atoms with E-state index >= 15 is 0 Å². The molecule has 0 radical (unpaired) electrons. The van der Waals surface area contributed by atoms with Crippen molar-refractivity contribution in [3.05, 3.63) is 22.8 Å². The van der Waals surface area contributed by atoms with Crippen molar-refractivity contribution in [2.45, 2.75) is 72.1 Å². The van der Waals surface area contributed by atoms with Crippen molar-refractivity contribution in [2.75, 3.05) is 0 Å². The Morgan fingerprint density at radius 3 is 2.05 bits per heavy atom. The quantitative estimate of drug-likeness (QED) is 0.756. The first kappa shape index (κ1) is 14.0. The zero-order chi connectivity index (χ0) is 14.1. The summed E-state index contributed by atoms with van der Waals surface area (Å²) < 4.78 is 0. The van der Waals surface area contributed by atoms with E-state index in [2.05, 4.69) is 20.8 Å². The monoisotopic (exact) mass is 272 g/mol. The lowest BCUT2D eigenvalue weighted by Crippen LogP contribution is -2.19. The lowest BCUT2D eigenvalue weighted by atomic mass is 9.87. The summed E-state index contributed by atoms with van der Waals surface area (Å²) >= 11 is 0. The Morgan fingerprint density at radius 2 is 1.45 bits per heavy atom. The maximum atomic E-state index is 5.04. The molecule has 110 valence electrons. The Bertz CT molecular complexity index is 479. The SMILES string of the molecule is CCC1CCc2nc3c(nc2C1)CCC(C(C)C)CC3. The fourth-order valence-electron chi connectivity index (χ4n) is 3.87. The first-order valence-corrected chi connectivity index (χ1v) is 8.55. The van der Waals surface area contributed by atoms with Crippen LogP contribution in [-0.2, 0) is 25.7 Å². The molecule has 2 aliphatic rings. The molecule has 3 rings (SSSR count). The van der Waals surface area contributed by atoms with E-state index in [9.17, 15) is 0 Å². The molecule has 0 saturated heterocycles. The molecule has 0 aromatic carbocycles. The molecule has 1 aromatic rings. The minimum atomic E-state index is 0.795. The largest absolute Gasteiger partial charge is 0.254 e. The van der Waals surface area contributed by atoms with E-state index in [1.54, 1.807) is 0 Å². The van der Waals surface area contributed by atoms with Gasteiger partial charge in [-0.25, -0.2) is 0 Å². The Balaban J connectivity index is 1.84. The maximum Gasteiger partial charge on any atom is 0.0625 e. The highest BCUT2D eigenvalue weighted by atomic mass is 14.9. The van der Waals surface area contributed by atoms with Crippen LogP contribution in [0.5, 0.6) is 0 Å². The summed E-state index contributed by atoms with van der Waals surface area (Å²) in [6.07, 6.45) is 9.82. The van der Waals surface area contributed by atoms with E-state index in [0.717, 1.165) is 37.0 Å². The normalized spacial score (nSPS) is 26.0. The van der Waals surface area contributed by atoms with Gasteiger partial charge in [0, 0.05) is 0 Å². The van der Waals surface area contributed by atoms with Crippen molar-refractivity contribution in [3.8, 4) is 0 Å². The molecule has 0 fully saturated rings. The third-order valence-corrected chi connectivity index (χ3v) is 5.50. The van der Waals surface area contributed by atoms with Crippen molar-refractivity contribution in [1.82, 2.24) is 9.97 Å². The lowest BCUT2D eigenvalue weighted by Gasteiger charge is -2.23. The molecule has 0 spiro atoms. The van der Waals surface area contributed by atoms with Crippen LogP contribution in [0.25, 0.3) is 0 Å². The fourth-order valence-corrected chi connectivity index (χ4v) is 3.87. The summed E-state index contributed by atoms with van der Waals surface area (Å²) in [5, 5.41) is 0. The van der Waals surface area contributed by atoms with E-state index < -0.39 is 0 Å². The number of rotatable bonds is 2. The van der Waals surface area contributed by atoms with Crippen molar-refractivity contribution in [2.24, 2.45) is 17.8 Å². The summed E-state index contributed by atoms with van der Waals surface area (Å²) in [5.41, 5.74) is 5.28. The smallest absolute Gasteiger partial charge is 0.0625 e. The second-order valence-electron chi connectivity index (χ2n) is 7.11. The van der Waals surface area contributed by atoms with Gasteiger partial charge in [0.15, 0.2) is 0 Å². The predicted octanol–water partition coefficient (Wildman–Crippen LogP) is 4.14. The highest BCUT2D eigenvalue weighted by molar-refractivity contribution is 5.24. The van der Waals surface area contributed by atoms with Gasteiger partial charge in [-0.2, -0.15) is 0 Å². The second kappa shape index (κ2) is 5.83. The number of aryl methyl sites for hydroxylation is 3. The molecule has 0 saturated carbocycles. The number of nitrogens with zero attached hydrogens (tertiary/aromatic N) is 2. The second-order valence-corrected chi connectivity index (χ2v) is 7.11. The number of aromatic nitrogens is 2. The molecule has 0 bridgehead atoms. The van der Waals surface area contributed by atoms with Gasteiger partial charge < -0.3 is 0 Å². The van der Waals surface area contributed by atoms with Gasteiger partial charge in [-0.3, -0.25) is 9.97 Å². The van der Waals surface area contributed by atoms with E-state index in [-0.39, 0.29) is 0 Å². The van der Waals surface area contributed by atoms with Crippen molar-refractivity contribution >= 4 is 0 Å². The van der Waals surface area contributed by atoms with Crippen molar-refractivity contribution in [3.63, 3.8) is 0 Å². The minimum absolute atomic E-state index is 0.795. The number of fused-ring (bicyclic) bond motifs is 2. The van der Waals surface area contributed by atoms with Gasteiger partial charge in [0.25, 0.3) is 0 Å². The van der Waals surface area contributed by atoms with Gasteiger partial charge in [-0.05, 0) is 62.7 Å². The number of hydrogen-bond donors (Lipinski definition) is 0.